The number of hydrogen-bond acceptors (Lipinski definition) is 7. The molecule has 4 aromatic carbocycles. The van der Waals surface area contributed by atoms with Crippen molar-refractivity contribution in [3.63, 3.8) is 0 Å². The highest BCUT2D eigenvalue weighted by atomic mass is 16.5. The molecule has 0 amide bonds. The summed E-state index contributed by atoms with van der Waals surface area (Å²) in [5.41, 5.74) is 6.94. The summed E-state index contributed by atoms with van der Waals surface area (Å²) in [6.45, 7) is 2.67. The van der Waals surface area contributed by atoms with Crippen LogP contribution in [0, 0.1) is 6.92 Å². The van der Waals surface area contributed by atoms with Crippen LogP contribution in [0.1, 0.15) is 28.4 Å². The van der Waals surface area contributed by atoms with Crippen LogP contribution >= 0.6 is 0 Å². The van der Waals surface area contributed by atoms with Gasteiger partial charge < -0.3 is 19.5 Å². The van der Waals surface area contributed by atoms with Crippen molar-refractivity contribution in [2.24, 2.45) is 4.99 Å². The van der Waals surface area contributed by atoms with Crippen LogP contribution in [0.5, 0.6) is 17.2 Å². The van der Waals surface area contributed by atoms with Crippen molar-refractivity contribution >= 4 is 23.2 Å². The van der Waals surface area contributed by atoms with Crippen LogP contribution < -0.4 is 19.3 Å². The van der Waals surface area contributed by atoms with Crippen molar-refractivity contribution < 1.29 is 14.6 Å². The molecule has 0 radical (unpaired) electrons. The van der Waals surface area contributed by atoms with Crippen molar-refractivity contribution in [3.05, 3.63) is 119 Å². The number of rotatable bonds is 6. The molecule has 2 aliphatic heterocycles. The fourth-order valence-electron chi connectivity index (χ4n) is 5.85. The number of aliphatic imine (C=N–C) groups is 1. The number of ether oxygens (including phenoxy) is 2. The number of phenolic OH excluding ortho intramolecular Hbond substituents is 1. The first-order chi connectivity index (χ1) is 20.1. The van der Waals surface area contributed by atoms with E-state index in [2.05, 4.69) is 52.3 Å². The van der Waals surface area contributed by atoms with Gasteiger partial charge in [-0.25, -0.2) is 4.68 Å². The molecule has 0 saturated carbocycles. The fraction of sp³-hybridized carbons (Fsp3) is 0.152. The Labute approximate surface area is 238 Å². The summed E-state index contributed by atoms with van der Waals surface area (Å²) in [4.78, 5) is 9.85. The van der Waals surface area contributed by atoms with Gasteiger partial charge in [-0.05, 0) is 54.4 Å². The number of aromatic nitrogens is 2. The summed E-state index contributed by atoms with van der Waals surface area (Å²) in [7, 11) is 3.09. The van der Waals surface area contributed by atoms with Gasteiger partial charge in [-0.1, -0.05) is 60.7 Å². The van der Waals surface area contributed by atoms with Crippen LogP contribution in [0.2, 0.25) is 0 Å². The molecule has 0 saturated heterocycles. The normalized spacial score (nSPS) is 15.2. The minimum atomic E-state index is -0.319. The lowest BCUT2D eigenvalue weighted by Gasteiger charge is -2.35. The Balaban J connectivity index is 1.51. The molecule has 3 heterocycles. The summed E-state index contributed by atoms with van der Waals surface area (Å²) in [5, 5.41) is 15.7. The molecule has 204 valence electrons. The number of benzene rings is 4. The highest BCUT2D eigenvalue weighted by Gasteiger charge is 2.45. The minimum Gasteiger partial charge on any atom is -0.502 e. The third kappa shape index (κ3) is 3.90. The summed E-state index contributed by atoms with van der Waals surface area (Å²) in [6, 6.07) is 32.3. The molecule has 0 aliphatic carbocycles. The average molecular weight is 544 g/mol. The zero-order chi connectivity index (χ0) is 28.1. The number of guanidine groups is 1. The second-order valence-electron chi connectivity index (χ2n) is 10.1. The van der Waals surface area contributed by atoms with Gasteiger partial charge in [-0.15, -0.1) is 0 Å². The number of para-hydroxylation sites is 3. The van der Waals surface area contributed by atoms with Crippen molar-refractivity contribution in [3.8, 4) is 22.9 Å². The number of methoxy groups -OCH3 is 2. The van der Waals surface area contributed by atoms with Crippen LogP contribution in [0.3, 0.4) is 0 Å². The standard InChI is InChI=1S/C33H29N5O3/c1-21-29-30(23-18-27(40-2)31(39)28(19-23)41-3)37-26-17-11-10-16-25(26)36(20-22-12-6-4-7-13-22)33(37)34-32(29)38(35-21)24-14-8-5-9-15-24/h4-19,30,39H,20H2,1-3H3/t30-/m1/s1. The van der Waals surface area contributed by atoms with Crippen molar-refractivity contribution in [2.75, 3.05) is 24.0 Å². The molecular formula is C33H29N5O3. The molecular weight excluding hydrogens is 514 g/mol. The van der Waals surface area contributed by atoms with Crippen molar-refractivity contribution in [1.82, 2.24) is 9.78 Å². The lowest BCUT2D eigenvalue weighted by Crippen LogP contribution is -2.42. The first-order valence-corrected chi connectivity index (χ1v) is 13.5. The van der Waals surface area contributed by atoms with E-state index >= 15 is 0 Å². The second kappa shape index (κ2) is 9.75. The quantitative estimate of drug-likeness (QED) is 0.263. The Morgan fingerprint density at radius 1 is 0.805 bits per heavy atom. The zero-order valence-electron chi connectivity index (χ0n) is 23.0. The molecule has 1 N–H and O–H groups in total. The van der Waals surface area contributed by atoms with Crippen LogP contribution in [0.4, 0.5) is 17.2 Å². The lowest BCUT2D eigenvalue weighted by molar-refractivity contribution is 0.339. The van der Waals surface area contributed by atoms with E-state index in [-0.39, 0.29) is 11.8 Å². The van der Waals surface area contributed by atoms with Gasteiger partial charge in [0.05, 0.1) is 49.6 Å². The molecule has 0 unspecified atom stereocenters. The number of phenols is 1. The number of hydrogen-bond donors (Lipinski definition) is 1. The maximum Gasteiger partial charge on any atom is 0.213 e. The van der Waals surface area contributed by atoms with Gasteiger partial charge >= 0.3 is 0 Å². The van der Waals surface area contributed by atoms with E-state index in [9.17, 15) is 5.11 Å². The number of anilines is 2. The molecule has 1 aromatic heterocycles. The lowest BCUT2D eigenvalue weighted by atomic mass is 9.94. The predicted octanol–water partition coefficient (Wildman–Crippen LogP) is 6.52. The predicted molar refractivity (Wildman–Crippen MR) is 160 cm³/mol. The Morgan fingerprint density at radius 2 is 1.41 bits per heavy atom. The maximum atomic E-state index is 10.8. The first kappa shape index (κ1) is 24.8. The molecule has 0 bridgehead atoms. The minimum absolute atomic E-state index is 0.0343. The van der Waals surface area contributed by atoms with Gasteiger partial charge in [0.25, 0.3) is 0 Å². The number of fused-ring (bicyclic) bond motifs is 4. The van der Waals surface area contributed by atoms with Gasteiger partial charge in [0.1, 0.15) is 0 Å². The molecule has 0 spiro atoms. The summed E-state index contributed by atoms with van der Waals surface area (Å²) in [6.07, 6.45) is 0. The van der Waals surface area contributed by atoms with E-state index in [0.717, 1.165) is 45.7 Å². The van der Waals surface area contributed by atoms with E-state index in [0.29, 0.717) is 18.0 Å². The van der Waals surface area contributed by atoms with Crippen LogP contribution in [-0.2, 0) is 6.54 Å². The van der Waals surface area contributed by atoms with Gasteiger partial charge in [0.2, 0.25) is 11.7 Å². The zero-order valence-corrected chi connectivity index (χ0v) is 23.0. The molecule has 5 aromatic rings. The van der Waals surface area contributed by atoms with Gasteiger partial charge in [-0.3, -0.25) is 4.90 Å². The van der Waals surface area contributed by atoms with Gasteiger partial charge in [0, 0.05) is 5.56 Å². The molecule has 8 nitrogen and oxygen atoms in total. The van der Waals surface area contributed by atoms with E-state index in [4.69, 9.17) is 19.6 Å². The Bertz CT molecular complexity index is 1760. The van der Waals surface area contributed by atoms with E-state index in [1.165, 1.54) is 5.56 Å². The van der Waals surface area contributed by atoms with Crippen molar-refractivity contribution in [2.45, 2.75) is 19.5 Å². The van der Waals surface area contributed by atoms with E-state index < -0.39 is 0 Å². The molecule has 41 heavy (non-hydrogen) atoms. The Hall–Kier alpha value is -5.24. The first-order valence-electron chi connectivity index (χ1n) is 13.5. The molecule has 8 heteroatoms. The highest BCUT2D eigenvalue weighted by Crippen LogP contribution is 2.52. The van der Waals surface area contributed by atoms with Crippen molar-refractivity contribution in [1.29, 1.82) is 0 Å². The Kier molecular flexibility index (Phi) is 5.89. The second-order valence-corrected chi connectivity index (χ2v) is 10.1. The summed E-state index contributed by atoms with van der Waals surface area (Å²) >= 11 is 0. The highest BCUT2D eigenvalue weighted by molar-refractivity contribution is 6.18. The van der Waals surface area contributed by atoms with E-state index in [1.807, 2.05) is 66.2 Å². The average Bonchev–Trinajstić information content (AvgIpc) is 3.51. The topological polar surface area (TPSA) is 75.4 Å². The largest absolute Gasteiger partial charge is 0.502 e. The van der Waals surface area contributed by atoms with Gasteiger partial charge in [-0.2, -0.15) is 10.1 Å². The number of nitrogens with zero attached hydrogens (tertiary/aromatic N) is 5. The molecule has 0 fully saturated rings. The Morgan fingerprint density at radius 3 is 2.07 bits per heavy atom. The summed E-state index contributed by atoms with van der Waals surface area (Å²) < 4.78 is 13.1. The molecule has 1 atom stereocenters. The molecule has 2 aliphatic rings. The van der Waals surface area contributed by atoms with Crippen LogP contribution in [0.15, 0.2) is 102 Å². The SMILES string of the molecule is COc1cc([C@@H]2c3c(C)nn(-c4ccccc4)c3N=C3N(Cc4ccccc4)c4ccccc4N32)cc(OC)c1O. The summed E-state index contributed by atoms with van der Waals surface area (Å²) in [5.74, 6) is 2.21. The fourth-order valence-corrected chi connectivity index (χ4v) is 5.85. The third-order valence-electron chi connectivity index (χ3n) is 7.71. The molecule has 7 rings (SSSR count). The number of aryl methyl sites for hydroxylation is 1. The maximum absolute atomic E-state index is 10.8. The smallest absolute Gasteiger partial charge is 0.213 e. The van der Waals surface area contributed by atoms with Crippen LogP contribution in [0.25, 0.3) is 5.69 Å². The van der Waals surface area contributed by atoms with Gasteiger partial charge in [0.15, 0.2) is 17.3 Å². The monoisotopic (exact) mass is 543 g/mol. The third-order valence-corrected chi connectivity index (χ3v) is 7.71. The van der Waals surface area contributed by atoms with E-state index in [1.54, 1.807) is 14.2 Å². The number of aromatic hydroxyl groups is 1. The van der Waals surface area contributed by atoms with Crippen LogP contribution in [-0.4, -0.2) is 35.1 Å².